The van der Waals surface area contributed by atoms with Crippen LogP contribution in [0.1, 0.15) is 0 Å². The molecule has 0 amide bonds. The SMILES string of the molecule is COCOc1ccc2c(=O)cc(-c3nc4ccccc4[nH]3)sc2c1. The Bertz CT molecular complexity index is 1050. The lowest BCUT2D eigenvalue weighted by molar-refractivity contribution is 0.0512. The molecule has 5 nitrogen and oxygen atoms in total. The fraction of sp³-hybridized carbons (Fsp3) is 0.111. The lowest BCUT2D eigenvalue weighted by Crippen LogP contribution is -2.01. The molecule has 0 aliphatic carbocycles. The molecule has 0 aliphatic rings. The Hall–Kier alpha value is -2.70. The molecular formula is C18H14N2O3S. The van der Waals surface area contributed by atoms with Gasteiger partial charge in [-0.05, 0) is 30.3 Å². The molecule has 0 saturated carbocycles. The highest BCUT2D eigenvalue weighted by Gasteiger charge is 2.10. The molecule has 2 aromatic heterocycles. The number of benzene rings is 2. The van der Waals surface area contributed by atoms with E-state index in [1.54, 1.807) is 25.3 Å². The molecule has 0 spiro atoms. The van der Waals surface area contributed by atoms with Gasteiger partial charge < -0.3 is 14.5 Å². The second kappa shape index (κ2) is 6.07. The van der Waals surface area contributed by atoms with E-state index in [0.29, 0.717) is 17.0 Å². The summed E-state index contributed by atoms with van der Waals surface area (Å²) in [5.41, 5.74) is 1.80. The molecule has 1 N–H and O–H groups in total. The summed E-state index contributed by atoms with van der Waals surface area (Å²) in [6.07, 6.45) is 0. The summed E-state index contributed by atoms with van der Waals surface area (Å²) in [7, 11) is 1.57. The van der Waals surface area contributed by atoms with Crippen LogP contribution < -0.4 is 10.2 Å². The number of methoxy groups -OCH3 is 1. The zero-order valence-electron chi connectivity index (χ0n) is 12.9. The molecule has 2 heterocycles. The van der Waals surface area contributed by atoms with Crippen molar-refractivity contribution in [3.63, 3.8) is 0 Å². The normalized spacial score (nSPS) is 11.2. The quantitative estimate of drug-likeness (QED) is 0.575. The average molecular weight is 338 g/mol. The highest BCUT2D eigenvalue weighted by atomic mass is 32.1. The zero-order valence-corrected chi connectivity index (χ0v) is 13.7. The molecule has 0 aliphatic heterocycles. The van der Waals surface area contributed by atoms with Gasteiger partial charge in [-0.15, -0.1) is 11.3 Å². The third-order valence-corrected chi connectivity index (χ3v) is 4.76. The summed E-state index contributed by atoms with van der Waals surface area (Å²) in [6.45, 7) is 0.170. The first kappa shape index (κ1) is 14.9. The van der Waals surface area contributed by atoms with E-state index in [-0.39, 0.29) is 12.2 Å². The first-order valence-electron chi connectivity index (χ1n) is 7.39. The van der Waals surface area contributed by atoms with Gasteiger partial charge in [0.1, 0.15) is 11.6 Å². The first-order chi connectivity index (χ1) is 11.7. The zero-order chi connectivity index (χ0) is 16.5. The predicted molar refractivity (Wildman–Crippen MR) is 95.7 cm³/mol. The first-order valence-corrected chi connectivity index (χ1v) is 8.21. The average Bonchev–Trinajstić information content (AvgIpc) is 3.04. The van der Waals surface area contributed by atoms with Crippen molar-refractivity contribution in [2.24, 2.45) is 0 Å². The molecule has 4 rings (SSSR count). The van der Waals surface area contributed by atoms with E-state index < -0.39 is 0 Å². The van der Waals surface area contributed by atoms with E-state index in [1.807, 2.05) is 30.3 Å². The standard InChI is InChI=1S/C18H14N2O3S/c1-22-10-23-11-6-7-12-15(21)9-17(24-16(12)8-11)18-19-13-4-2-3-5-14(13)20-18/h2-9H,10H2,1H3,(H,19,20). The predicted octanol–water partition coefficient (Wildman–Crippen LogP) is 3.79. The second-order valence-corrected chi connectivity index (χ2v) is 6.37. The van der Waals surface area contributed by atoms with Crippen molar-refractivity contribution in [3.8, 4) is 16.5 Å². The van der Waals surface area contributed by atoms with Crippen molar-refractivity contribution in [1.82, 2.24) is 9.97 Å². The van der Waals surface area contributed by atoms with Gasteiger partial charge in [0.25, 0.3) is 0 Å². The van der Waals surface area contributed by atoms with E-state index in [1.165, 1.54) is 11.3 Å². The minimum Gasteiger partial charge on any atom is -0.468 e. The van der Waals surface area contributed by atoms with Crippen LogP contribution in [0.4, 0.5) is 0 Å². The van der Waals surface area contributed by atoms with Crippen molar-refractivity contribution in [1.29, 1.82) is 0 Å². The van der Waals surface area contributed by atoms with E-state index >= 15 is 0 Å². The van der Waals surface area contributed by atoms with Crippen LogP contribution in [-0.4, -0.2) is 23.9 Å². The largest absolute Gasteiger partial charge is 0.468 e. The third-order valence-electron chi connectivity index (χ3n) is 3.67. The summed E-state index contributed by atoms with van der Waals surface area (Å²) < 4.78 is 11.2. The van der Waals surface area contributed by atoms with Crippen LogP contribution in [0.3, 0.4) is 0 Å². The second-order valence-electron chi connectivity index (χ2n) is 5.29. The van der Waals surface area contributed by atoms with Gasteiger partial charge in [0.15, 0.2) is 12.2 Å². The van der Waals surface area contributed by atoms with Crippen molar-refractivity contribution in [2.45, 2.75) is 0 Å². The maximum Gasteiger partial charge on any atom is 0.188 e. The topological polar surface area (TPSA) is 64.2 Å². The van der Waals surface area contributed by atoms with E-state index in [0.717, 1.165) is 20.6 Å². The van der Waals surface area contributed by atoms with E-state index in [2.05, 4.69) is 9.97 Å². The summed E-state index contributed by atoms with van der Waals surface area (Å²) in [6, 6.07) is 14.8. The van der Waals surface area contributed by atoms with Crippen LogP contribution in [0, 0.1) is 0 Å². The van der Waals surface area contributed by atoms with Gasteiger partial charge in [0, 0.05) is 23.3 Å². The Morgan fingerprint density at radius 1 is 1.17 bits per heavy atom. The molecule has 0 fully saturated rings. The molecule has 6 heteroatoms. The Kier molecular flexibility index (Phi) is 3.76. The lowest BCUT2D eigenvalue weighted by Gasteiger charge is -2.06. The molecule has 24 heavy (non-hydrogen) atoms. The van der Waals surface area contributed by atoms with Crippen LogP contribution >= 0.6 is 11.3 Å². The van der Waals surface area contributed by atoms with Crippen LogP contribution in [0.15, 0.2) is 53.3 Å². The highest BCUT2D eigenvalue weighted by molar-refractivity contribution is 7.21. The summed E-state index contributed by atoms with van der Waals surface area (Å²) in [4.78, 5) is 21.0. The van der Waals surface area contributed by atoms with E-state index in [9.17, 15) is 4.79 Å². The number of fused-ring (bicyclic) bond motifs is 2. The number of hydrogen-bond donors (Lipinski definition) is 1. The van der Waals surface area contributed by atoms with Gasteiger partial charge in [-0.1, -0.05) is 12.1 Å². The number of H-pyrrole nitrogens is 1. The van der Waals surface area contributed by atoms with Crippen LogP contribution in [-0.2, 0) is 4.74 Å². The monoisotopic (exact) mass is 338 g/mol. The molecule has 0 atom stereocenters. The summed E-state index contributed by atoms with van der Waals surface area (Å²) in [5.74, 6) is 1.37. The fourth-order valence-corrected chi connectivity index (χ4v) is 3.59. The van der Waals surface area contributed by atoms with Crippen LogP contribution in [0.5, 0.6) is 5.75 Å². The Morgan fingerprint density at radius 2 is 2.04 bits per heavy atom. The number of imidazole rings is 1. The number of rotatable bonds is 4. The maximum atomic E-state index is 12.4. The van der Waals surface area contributed by atoms with Gasteiger partial charge in [-0.2, -0.15) is 0 Å². The molecule has 2 aromatic carbocycles. The lowest BCUT2D eigenvalue weighted by atomic mass is 10.2. The van der Waals surface area contributed by atoms with Crippen molar-refractivity contribution >= 4 is 32.5 Å². The smallest absolute Gasteiger partial charge is 0.188 e. The number of nitrogens with zero attached hydrogens (tertiary/aromatic N) is 1. The minimum absolute atomic E-state index is 0.0301. The molecule has 0 unspecified atom stereocenters. The Balaban J connectivity index is 1.84. The molecular weight excluding hydrogens is 324 g/mol. The molecule has 4 aromatic rings. The minimum atomic E-state index is -0.0301. The van der Waals surface area contributed by atoms with Gasteiger partial charge in [-0.25, -0.2) is 4.98 Å². The maximum absolute atomic E-state index is 12.4. The van der Waals surface area contributed by atoms with Crippen molar-refractivity contribution in [2.75, 3.05) is 13.9 Å². The molecule has 120 valence electrons. The summed E-state index contributed by atoms with van der Waals surface area (Å²) >= 11 is 1.50. The molecule has 0 bridgehead atoms. The van der Waals surface area contributed by atoms with Gasteiger partial charge >= 0.3 is 0 Å². The number of ether oxygens (including phenoxy) is 2. The van der Waals surface area contributed by atoms with Crippen molar-refractivity contribution in [3.05, 3.63) is 58.8 Å². The van der Waals surface area contributed by atoms with Crippen LogP contribution in [0.2, 0.25) is 0 Å². The van der Waals surface area contributed by atoms with Gasteiger partial charge in [0.2, 0.25) is 0 Å². The number of aromatic nitrogens is 2. The van der Waals surface area contributed by atoms with E-state index in [4.69, 9.17) is 9.47 Å². The van der Waals surface area contributed by atoms with Crippen molar-refractivity contribution < 1.29 is 9.47 Å². The summed E-state index contributed by atoms with van der Waals surface area (Å²) in [5, 5.41) is 0.671. The number of hydrogen-bond acceptors (Lipinski definition) is 5. The van der Waals surface area contributed by atoms with Gasteiger partial charge in [-0.3, -0.25) is 4.79 Å². The Labute approximate surface area is 141 Å². The Morgan fingerprint density at radius 3 is 2.88 bits per heavy atom. The third kappa shape index (κ3) is 2.66. The molecule has 0 saturated heterocycles. The van der Waals surface area contributed by atoms with Crippen LogP contribution in [0.25, 0.3) is 31.8 Å². The molecule has 0 radical (unpaired) electrons. The van der Waals surface area contributed by atoms with Gasteiger partial charge in [0.05, 0.1) is 15.9 Å². The number of para-hydroxylation sites is 2. The number of nitrogens with one attached hydrogen (secondary N) is 1. The number of aromatic amines is 1. The highest BCUT2D eigenvalue weighted by Crippen LogP contribution is 2.29. The fourth-order valence-electron chi connectivity index (χ4n) is 2.54.